The molecular weight excluding hydrogens is 284 g/mol. The number of carbonyl (C=O) groups excluding carboxylic acids is 2. The van der Waals surface area contributed by atoms with Gasteiger partial charge in [-0.15, -0.1) is 0 Å². The minimum absolute atomic E-state index is 0.0483. The molecule has 0 saturated carbocycles. The molecule has 1 aliphatic rings. The van der Waals surface area contributed by atoms with E-state index in [1.54, 1.807) is 31.1 Å². The quantitative estimate of drug-likeness (QED) is 0.887. The van der Waals surface area contributed by atoms with Gasteiger partial charge in [0.05, 0.1) is 7.11 Å². The van der Waals surface area contributed by atoms with E-state index in [4.69, 9.17) is 9.47 Å². The summed E-state index contributed by atoms with van der Waals surface area (Å²) in [5, 5.41) is 2.94. The fourth-order valence-electron chi connectivity index (χ4n) is 2.49. The number of ether oxygens (including phenoxy) is 2. The highest BCUT2D eigenvalue weighted by atomic mass is 16.5. The van der Waals surface area contributed by atoms with Crippen molar-refractivity contribution in [2.45, 2.75) is 25.8 Å². The number of carbonyl (C=O) groups is 2. The van der Waals surface area contributed by atoms with E-state index in [0.717, 1.165) is 12.8 Å². The van der Waals surface area contributed by atoms with Crippen LogP contribution in [-0.4, -0.2) is 49.6 Å². The third-order valence-electron chi connectivity index (χ3n) is 3.73. The second-order valence-electron chi connectivity index (χ2n) is 5.29. The summed E-state index contributed by atoms with van der Waals surface area (Å²) in [4.78, 5) is 25.0. The fraction of sp³-hybridized carbons (Fsp3) is 0.500. The normalized spacial score (nSPS) is 15.3. The molecule has 0 radical (unpaired) electrons. The van der Waals surface area contributed by atoms with Crippen LogP contribution in [0.3, 0.4) is 0 Å². The number of methoxy groups -OCH3 is 1. The summed E-state index contributed by atoms with van der Waals surface area (Å²) in [5.41, 5.74) is 0. The highest BCUT2D eigenvalue weighted by molar-refractivity contribution is 5.78. The third kappa shape index (κ3) is 4.38. The summed E-state index contributed by atoms with van der Waals surface area (Å²) in [7, 11) is 1.56. The zero-order valence-electron chi connectivity index (χ0n) is 13.0. The average molecular weight is 306 g/mol. The predicted octanol–water partition coefficient (Wildman–Crippen LogP) is 1.20. The molecule has 0 unspecified atom stereocenters. The molecule has 0 aliphatic carbocycles. The van der Waals surface area contributed by atoms with E-state index in [1.807, 2.05) is 12.1 Å². The fourth-order valence-corrected chi connectivity index (χ4v) is 2.49. The molecule has 1 fully saturated rings. The van der Waals surface area contributed by atoms with Gasteiger partial charge in [-0.1, -0.05) is 12.1 Å². The van der Waals surface area contributed by atoms with Gasteiger partial charge in [0, 0.05) is 26.1 Å². The molecule has 0 aromatic heterocycles. The molecule has 0 atom stereocenters. The van der Waals surface area contributed by atoms with Crippen molar-refractivity contribution in [1.82, 2.24) is 10.2 Å². The zero-order chi connectivity index (χ0) is 15.9. The van der Waals surface area contributed by atoms with E-state index in [0.29, 0.717) is 24.6 Å². The van der Waals surface area contributed by atoms with Crippen molar-refractivity contribution < 1.29 is 19.1 Å². The molecule has 0 bridgehead atoms. The van der Waals surface area contributed by atoms with Crippen molar-refractivity contribution in [2.24, 2.45) is 0 Å². The van der Waals surface area contributed by atoms with Crippen LogP contribution in [0.2, 0.25) is 0 Å². The summed E-state index contributed by atoms with van der Waals surface area (Å²) in [6, 6.07) is 7.31. The van der Waals surface area contributed by atoms with Crippen LogP contribution in [0.25, 0.3) is 0 Å². The minimum atomic E-state index is -0.160. The first kappa shape index (κ1) is 16.1. The molecule has 1 aliphatic heterocycles. The van der Waals surface area contributed by atoms with E-state index in [9.17, 15) is 9.59 Å². The molecule has 0 spiro atoms. The highest BCUT2D eigenvalue weighted by Gasteiger charge is 2.22. The van der Waals surface area contributed by atoms with Gasteiger partial charge in [-0.05, 0) is 25.0 Å². The Kier molecular flexibility index (Phi) is 5.63. The Morgan fingerprint density at radius 3 is 2.45 bits per heavy atom. The molecule has 6 heteroatoms. The second-order valence-corrected chi connectivity index (χ2v) is 5.29. The van der Waals surface area contributed by atoms with Crippen LogP contribution in [0, 0.1) is 0 Å². The van der Waals surface area contributed by atoms with Gasteiger partial charge in [0.25, 0.3) is 5.91 Å². The molecule has 1 aromatic carbocycles. The highest BCUT2D eigenvalue weighted by Crippen LogP contribution is 2.25. The maximum Gasteiger partial charge on any atom is 0.258 e. The van der Waals surface area contributed by atoms with E-state index in [2.05, 4.69) is 5.32 Å². The topological polar surface area (TPSA) is 67.9 Å². The number of nitrogens with zero attached hydrogens (tertiary/aromatic N) is 1. The van der Waals surface area contributed by atoms with Crippen LogP contribution in [0.5, 0.6) is 11.5 Å². The Labute approximate surface area is 130 Å². The molecule has 1 heterocycles. The lowest BCUT2D eigenvalue weighted by molar-refractivity contribution is -0.130. The van der Waals surface area contributed by atoms with Crippen LogP contribution in [0.1, 0.15) is 19.8 Å². The number of amides is 2. The van der Waals surface area contributed by atoms with Crippen LogP contribution < -0.4 is 14.8 Å². The zero-order valence-corrected chi connectivity index (χ0v) is 13.0. The first-order valence-electron chi connectivity index (χ1n) is 7.41. The van der Waals surface area contributed by atoms with Crippen molar-refractivity contribution in [3.05, 3.63) is 24.3 Å². The lowest BCUT2D eigenvalue weighted by atomic mass is 10.1. The minimum Gasteiger partial charge on any atom is -0.493 e. The smallest absolute Gasteiger partial charge is 0.258 e. The Morgan fingerprint density at radius 2 is 1.86 bits per heavy atom. The first-order chi connectivity index (χ1) is 10.6. The van der Waals surface area contributed by atoms with Gasteiger partial charge < -0.3 is 19.7 Å². The SMILES string of the molecule is COc1ccccc1OCC(=O)NC1CCN(C(C)=O)CC1. The van der Waals surface area contributed by atoms with Crippen LogP contribution >= 0.6 is 0 Å². The molecule has 22 heavy (non-hydrogen) atoms. The second kappa shape index (κ2) is 7.68. The molecule has 2 rings (SSSR count). The maximum atomic E-state index is 11.9. The Morgan fingerprint density at radius 1 is 1.23 bits per heavy atom. The number of likely N-dealkylation sites (tertiary alicyclic amines) is 1. The van der Waals surface area contributed by atoms with Gasteiger partial charge in [-0.2, -0.15) is 0 Å². The Hall–Kier alpha value is -2.24. The van der Waals surface area contributed by atoms with Crippen molar-refractivity contribution in [3.63, 3.8) is 0 Å². The first-order valence-corrected chi connectivity index (χ1v) is 7.41. The molecule has 1 N–H and O–H groups in total. The van der Waals surface area contributed by atoms with Gasteiger partial charge in [-0.25, -0.2) is 0 Å². The number of para-hydroxylation sites is 2. The number of hydrogen-bond acceptors (Lipinski definition) is 4. The Balaban J connectivity index is 1.76. The summed E-state index contributed by atoms with van der Waals surface area (Å²) >= 11 is 0. The summed E-state index contributed by atoms with van der Waals surface area (Å²) in [5.74, 6) is 1.08. The van der Waals surface area contributed by atoms with Crippen molar-refractivity contribution in [2.75, 3.05) is 26.8 Å². The standard InChI is InChI=1S/C16H22N2O4/c1-12(19)18-9-7-13(8-10-18)17-16(20)11-22-15-6-4-3-5-14(15)21-2/h3-6,13H,7-11H2,1-2H3,(H,17,20). The van der Waals surface area contributed by atoms with Gasteiger partial charge in [0.1, 0.15) is 0 Å². The van der Waals surface area contributed by atoms with E-state index < -0.39 is 0 Å². The summed E-state index contributed by atoms with van der Waals surface area (Å²) in [6.45, 7) is 2.90. The van der Waals surface area contributed by atoms with E-state index in [-0.39, 0.29) is 24.5 Å². The predicted molar refractivity (Wildman–Crippen MR) is 81.9 cm³/mol. The number of rotatable bonds is 5. The van der Waals surface area contributed by atoms with Gasteiger partial charge in [0.15, 0.2) is 18.1 Å². The molecule has 6 nitrogen and oxygen atoms in total. The number of benzene rings is 1. The summed E-state index contributed by atoms with van der Waals surface area (Å²) < 4.78 is 10.7. The van der Waals surface area contributed by atoms with Crippen LogP contribution in [0.4, 0.5) is 0 Å². The van der Waals surface area contributed by atoms with Crippen LogP contribution in [-0.2, 0) is 9.59 Å². The van der Waals surface area contributed by atoms with E-state index >= 15 is 0 Å². The Bertz CT molecular complexity index is 525. The van der Waals surface area contributed by atoms with Crippen LogP contribution in [0.15, 0.2) is 24.3 Å². The number of piperidine rings is 1. The summed E-state index contributed by atoms with van der Waals surface area (Å²) in [6.07, 6.45) is 1.56. The monoisotopic (exact) mass is 306 g/mol. The number of nitrogens with one attached hydrogen (secondary N) is 1. The largest absolute Gasteiger partial charge is 0.493 e. The maximum absolute atomic E-state index is 11.9. The third-order valence-corrected chi connectivity index (χ3v) is 3.73. The van der Waals surface area contributed by atoms with Crippen molar-refractivity contribution in [3.8, 4) is 11.5 Å². The molecule has 1 aromatic rings. The van der Waals surface area contributed by atoms with Gasteiger partial charge in [-0.3, -0.25) is 9.59 Å². The lowest BCUT2D eigenvalue weighted by Gasteiger charge is -2.31. The molecule has 2 amide bonds. The average Bonchev–Trinajstić information content (AvgIpc) is 2.53. The van der Waals surface area contributed by atoms with Crippen molar-refractivity contribution >= 4 is 11.8 Å². The molecule has 1 saturated heterocycles. The lowest BCUT2D eigenvalue weighted by Crippen LogP contribution is -2.47. The van der Waals surface area contributed by atoms with Gasteiger partial charge >= 0.3 is 0 Å². The van der Waals surface area contributed by atoms with E-state index in [1.165, 1.54) is 0 Å². The van der Waals surface area contributed by atoms with Crippen molar-refractivity contribution in [1.29, 1.82) is 0 Å². The number of hydrogen-bond donors (Lipinski definition) is 1. The molecule has 120 valence electrons. The molecular formula is C16H22N2O4. The van der Waals surface area contributed by atoms with Gasteiger partial charge in [0.2, 0.25) is 5.91 Å².